The van der Waals surface area contributed by atoms with Gasteiger partial charge >= 0.3 is 12.4 Å². The Morgan fingerprint density at radius 3 is 2.13 bits per heavy atom. The molecule has 196 valence electrons. The third kappa shape index (κ3) is 4.44. The maximum absolute atomic E-state index is 13.7. The Hall–Kier alpha value is -4.08. The second kappa shape index (κ2) is 9.04. The van der Waals surface area contributed by atoms with Crippen molar-refractivity contribution < 1.29 is 31.1 Å². The van der Waals surface area contributed by atoms with Crippen molar-refractivity contribution in [2.24, 2.45) is 0 Å². The van der Waals surface area contributed by atoms with E-state index in [9.17, 15) is 35.9 Å². The number of nitrogens with zero attached hydrogens (tertiary/aromatic N) is 2. The minimum atomic E-state index is -5.02. The van der Waals surface area contributed by atoms with Crippen molar-refractivity contribution in [3.8, 4) is 11.1 Å². The second-order valence-electron chi connectivity index (χ2n) is 9.21. The first-order chi connectivity index (χ1) is 17.9. The number of amides is 1. The number of carbonyl (C=O) groups excluding carboxylic acids is 1. The molecule has 4 aromatic rings. The Morgan fingerprint density at radius 1 is 0.895 bits per heavy atom. The summed E-state index contributed by atoms with van der Waals surface area (Å²) in [4.78, 5) is 28.3. The van der Waals surface area contributed by atoms with Gasteiger partial charge in [0.25, 0.3) is 11.5 Å². The lowest BCUT2D eigenvalue weighted by molar-refractivity contribution is -0.143. The maximum Gasteiger partial charge on any atom is 0.416 e. The fraction of sp³-hybridized carbons (Fsp3) is 0.214. The average Bonchev–Trinajstić information content (AvgIpc) is 3.30. The highest BCUT2D eigenvalue weighted by Crippen LogP contribution is 2.38. The monoisotopic (exact) mass is 530 g/mol. The molecule has 0 bridgehead atoms. The number of alkyl halides is 6. The van der Waals surface area contributed by atoms with Gasteiger partial charge in [0.05, 0.1) is 16.6 Å². The molecule has 0 radical (unpaired) electrons. The highest BCUT2D eigenvalue weighted by molar-refractivity contribution is 6.09. The van der Waals surface area contributed by atoms with Gasteiger partial charge in [-0.15, -0.1) is 0 Å². The van der Waals surface area contributed by atoms with Crippen molar-refractivity contribution in [3.05, 3.63) is 105 Å². The minimum Gasteiger partial charge on any atom is -0.337 e. The number of carbonyl (C=O) groups is 1. The zero-order chi connectivity index (χ0) is 27.4. The summed E-state index contributed by atoms with van der Waals surface area (Å²) < 4.78 is 81.5. The predicted molar refractivity (Wildman–Crippen MR) is 130 cm³/mol. The van der Waals surface area contributed by atoms with Gasteiger partial charge in [-0.1, -0.05) is 48.5 Å². The third-order valence-electron chi connectivity index (χ3n) is 6.66. The zero-order valence-corrected chi connectivity index (χ0v) is 20.0. The molecule has 1 amide bonds. The molecule has 0 fully saturated rings. The Kier molecular flexibility index (Phi) is 6.08. The molecule has 38 heavy (non-hydrogen) atoms. The molecule has 3 aromatic carbocycles. The summed E-state index contributed by atoms with van der Waals surface area (Å²) in [6.45, 7) is -0.214. The number of benzene rings is 3. The number of halogens is 6. The van der Waals surface area contributed by atoms with Gasteiger partial charge in [-0.2, -0.15) is 26.3 Å². The topological polar surface area (TPSA) is 42.3 Å². The lowest BCUT2D eigenvalue weighted by Gasteiger charge is -2.22. The summed E-state index contributed by atoms with van der Waals surface area (Å²) in [5, 5.41) is 0.668. The first-order valence-electron chi connectivity index (χ1n) is 11.6. The highest BCUT2D eigenvalue weighted by atomic mass is 19.4. The van der Waals surface area contributed by atoms with Crippen LogP contribution in [0, 0.1) is 0 Å². The smallest absolute Gasteiger partial charge is 0.337 e. The molecule has 0 unspecified atom stereocenters. The Balaban J connectivity index is 1.64. The maximum atomic E-state index is 13.7. The van der Waals surface area contributed by atoms with Crippen LogP contribution in [0.2, 0.25) is 0 Å². The molecular weight excluding hydrogens is 510 g/mol. The first kappa shape index (κ1) is 25.6. The second-order valence-corrected chi connectivity index (χ2v) is 9.21. The van der Waals surface area contributed by atoms with Crippen LogP contribution in [0.3, 0.4) is 0 Å². The fourth-order valence-electron chi connectivity index (χ4n) is 4.99. The van der Waals surface area contributed by atoms with Gasteiger partial charge in [-0.25, -0.2) is 0 Å². The van der Waals surface area contributed by atoms with E-state index in [4.69, 9.17) is 0 Å². The van der Waals surface area contributed by atoms with E-state index >= 15 is 0 Å². The zero-order valence-electron chi connectivity index (χ0n) is 20.0. The van der Waals surface area contributed by atoms with E-state index in [1.165, 1.54) is 11.6 Å². The molecule has 0 saturated heterocycles. The molecule has 0 spiro atoms. The van der Waals surface area contributed by atoms with Gasteiger partial charge < -0.3 is 9.47 Å². The standard InChI is InChI=1S/C28H20F6N2O2/c1-35(15-16-12-19(27(29,30)31)14-20(13-16)28(32,33)34)25(37)23-22(17-6-3-2-4-7-17)21-9-5-8-18-10-11-36(24(18)21)26(23)38/h2-9,12-14H,10-11,15H2,1H3. The molecule has 0 aliphatic carbocycles. The van der Waals surface area contributed by atoms with E-state index in [2.05, 4.69) is 0 Å². The molecule has 1 aliphatic heterocycles. The predicted octanol–water partition coefficient (Wildman–Crippen LogP) is 6.53. The van der Waals surface area contributed by atoms with Gasteiger partial charge in [-0.3, -0.25) is 9.59 Å². The summed E-state index contributed by atoms with van der Waals surface area (Å²) in [7, 11) is 1.24. The number of rotatable bonds is 4. The molecule has 0 N–H and O–H groups in total. The SMILES string of the molecule is CN(Cc1cc(C(F)(F)F)cc(C(F)(F)F)c1)C(=O)c1c(-c2ccccc2)c2cccc3c2n(c1=O)CC3. The van der Waals surface area contributed by atoms with E-state index in [1.807, 2.05) is 12.1 Å². The van der Waals surface area contributed by atoms with Gasteiger partial charge in [0.15, 0.2) is 0 Å². The molecule has 5 rings (SSSR count). The minimum absolute atomic E-state index is 0.0356. The molecule has 1 aromatic heterocycles. The molecule has 0 saturated carbocycles. The molecular formula is C28H20F6N2O2. The number of hydrogen-bond donors (Lipinski definition) is 0. The van der Waals surface area contributed by atoms with Crippen LogP contribution < -0.4 is 5.56 Å². The fourth-order valence-corrected chi connectivity index (χ4v) is 4.99. The molecule has 0 atom stereocenters. The number of hydrogen-bond acceptors (Lipinski definition) is 2. The van der Waals surface area contributed by atoms with Gasteiger partial charge in [0.2, 0.25) is 0 Å². The van der Waals surface area contributed by atoms with Crippen LogP contribution in [0.25, 0.3) is 22.0 Å². The van der Waals surface area contributed by atoms with Crippen LogP contribution in [0.1, 0.15) is 32.6 Å². The van der Waals surface area contributed by atoms with Gasteiger partial charge in [-0.05, 0) is 41.3 Å². The quantitative estimate of drug-likeness (QED) is 0.282. The Bertz CT molecular complexity index is 1590. The van der Waals surface area contributed by atoms with Crippen LogP contribution in [0.5, 0.6) is 0 Å². The number of pyridine rings is 1. The normalized spacial score (nSPS) is 13.2. The van der Waals surface area contributed by atoms with Crippen LogP contribution in [-0.2, 0) is 31.9 Å². The lowest BCUT2D eigenvalue weighted by Crippen LogP contribution is -2.35. The summed E-state index contributed by atoms with van der Waals surface area (Å²) >= 11 is 0. The highest BCUT2D eigenvalue weighted by Gasteiger charge is 2.37. The molecule has 10 heteroatoms. The van der Waals surface area contributed by atoms with Crippen molar-refractivity contribution in [3.63, 3.8) is 0 Å². The van der Waals surface area contributed by atoms with E-state index in [1.54, 1.807) is 36.4 Å². The lowest BCUT2D eigenvalue weighted by atomic mass is 9.94. The summed E-state index contributed by atoms with van der Waals surface area (Å²) in [6, 6.07) is 15.5. The van der Waals surface area contributed by atoms with Crippen molar-refractivity contribution in [1.82, 2.24) is 9.47 Å². The van der Waals surface area contributed by atoms with Crippen molar-refractivity contribution >= 4 is 16.8 Å². The van der Waals surface area contributed by atoms with Crippen molar-refractivity contribution in [2.45, 2.75) is 31.9 Å². The van der Waals surface area contributed by atoms with E-state index < -0.39 is 41.5 Å². The number of aromatic nitrogens is 1. The van der Waals surface area contributed by atoms with Gasteiger partial charge in [0.1, 0.15) is 5.56 Å². The van der Waals surface area contributed by atoms with Gasteiger partial charge in [0, 0.05) is 31.1 Å². The van der Waals surface area contributed by atoms with Crippen LogP contribution in [0.15, 0.2) is 71.5 Å². The Morgan fingerprint density at radius 2 is 1.53 bits per heavy atom. The summed E-state index contributed by atoms with van der Waals surface area (Å²) in [6.07, 6.45) is -9.44. The van der Waals surface area contributed by atoms with Crippen LogP contribution >= 0.6 is 0 Å². The van der Waals surface area contributed by atoms with Crippen molar-refractivity contribution in [2.75, 3.05) is 7.05 Å². The largest absolute Gasteiger partial charge is 0.416 e. The van der Waals surface area contributed by atoms with E-state index in [-0.39, 0.29) is 17.2 Å². The number of para-hydroxylation sites is 1. The van der Waals surface area contributed by atoms with Crippen LogP contribution in [0.4, 0.5) is 26.3 Å². The third-order valence-corrected chi connectivity index (χ3v) is 6.66. The van der Waals surface area contributed by atoms with E-state index in [0.29, 0.717) is 47.1 Å². The van der Waals surface area contributed by atoms with Crippen LogP contribution in [-0.4, -0.2) is 22.4 Å². The molecule has 1 aliphatic rings. The molecule has 4 nitrogen and oxygen atoms in total. The van der Waals surface area contributed by atoms with Crippen molar-refractivity contribution in [1.29, 1.82) is 0 Å². The number of aryl methyl sites for hydroxylation is 2. The van der Waals surface area contributed by atoms with E-state index in [0.717, 1.165) is 10.5 Å². The first-order valence-corrected chi connectivity index (χ1v) is 11.6. The Labute approximate surface area is 212 Å². The summed E-state index contributed by atoms with van der Waals surface area (Å²) in [5.41, 5.74) is -1.42. The summed E-state index contributed by atoms with van der Waals surface area (Å²) in [5.74, 6) is -0.803. The average molecular weight is 530 g/mol. The molecule has 2 heterocycles.